The van der Waals surface area contributed by atoms with Gasteiger partial charge in [0.2, 0.25) is 0 Å². The second kappa shape index (κ2) is 8.01. The van der Waals surface area contributed by atoms with Gasteiger partial charge in [-0.2, -0.15) is 34.9 Å². The van der Waals surface area contributed by atoms with Gasteiger partial charge < -0.3 is 0 Å². The second-order valence-corrected chi connectivity index (χ2v) is 4.29. The third-order valence-electron chi connectivity index (χ3n) is 2.05. The summed E-state index contributed by atoms with van der Waals surface area (Å²) in [7, 11) is 0. The van der Waals surface area contributed by atoms with Crippen LogP contribution in [0.2, 0.25) is 0 Å². The number of aryl methyl sites for hydroxylation is 3. The summed E-state index contributed by atoms with van der Waals surface area (Å²) in [6.07, 6.45) is 3.73. The van der Waals surface area contributed by atoms with Crippen molar-refractivity contribution in [2.45, 2.75) is 33.1 Å². The van der Waals surface area contributed by atoms with Crippen LogP contribution in [0.5, 0.6) is 0 Å². The Hall–Kier alpha value is 0.804. The van der Waals surface area contributed by atoms with Crippen molar-refractivity contribution in [3.8, 4) is 0 Å². The van der Waals surface area contributed by atoms with Gasteiger partial charge in [0.15, 0.2) is 0 Å². The molecular weight excluding hydrogens is 313 g/mol. The van der Waals surface area contributed by atoms with E-state index in [1.165, 1.54) is 36.0 Å². The number of halogens is 1. The van der Waals surface area contributed by atoms with Gasteiger partial charge in [-0.25, -0.2) is 0 Å². The van der Waals surface area contributed by atoms with Crippen LogP contribution in [0.25, 0.3) is 0 Å². The maximum atomic E-state index is 3.45. The van der Waals surface area contributed by atoms with Gasteiger partial charge in [0.25, 0.3) is 0 Å². The van der Waals surface area contributed by atoms with Crippen LogP contribution in [0.4, 0.5) is 0 Å². The van der Waals surface area contributed by atoms with E-state index in [-0.39, 0.29) is 32.7 Å². The van der Waals surface area contributed by atoms with Crippen molar-refractivity contribution < 1.29 is 32.7 Å². The second-order valence-electron chi connectivity index (χ2n) is 3.50. The van der Waals surface area contributed by atoms with Crippen LogP contribution in [-0.4, -0.2) is 5.33 Å². The van der Waals surface area contributed by atoms with Crippen molar-refractivity contribution >= 4 is 15.9 Å². The first kappa shape index (κ1) is 14.8. The molecule has 0 heterocycles. The number of alkyl halides is 1. The van der Waals surface area contributed by atoms with E-state index in [0.717, 1.165) is 5.33 Å². The number of benzene rings is 1. The van der Waals surface area contributed by atoms with E-state index >= 15 is 0 Å². The van der Waals surface area contributed by atoms with Crippen LogP contribution in [0.3, 0.4) is 0 Å². The third-order valence-corrected chi connectivity index (χ3v) is 2.61. The molecule has 0 saturated heterocycles. The van der Waals surface area contributed by atoms with Crippen molar-refractivity contribution in [1.82, 2.24) is 0 Å². The Bertz CT molecular complexity index is 251. The molecule has 0 nitrogen and oxygen atoms in total. The molecule has 0 aliphatic carbocycles. The predicted molar refractivity (Wildman–Crippen MR) is 61.5 cm³/mol. The SMILES string of the molecule is Cc1[c-]c(C)cc(CCCCBr)c1.[Y]. The quantitative estimate of drug-likeness (QED) is 0.448. The van der Waals surface area contributed by atoms with E-state index in [4.69, 9.17) is 0 Å². The zero-order chi connectivity index (χ0) is 9.68. The van der Waals surface area contributed by atoms with Crippen molar-refractivity contribution in [3.05, 3.63) is 34.9 Å². The monoisotopic (exact) mass is 328 g/mol. The fourth-order valence-corrected chi connectivity index (χ4v) is 1.95. The van der Waals surface area contributed by atoms with Crippen LogP contribution in [0.1, 0.15) is 29.5 Å². The molecule has 0 amide bonds. The van der Waals surface area contributed by atoms with Gasteiger partial charge in [0.1, 0.15) is 0 Å². The molecule has 0 atom stereocenters. The molecular formula is C12H16BrY-. The molecule has 0 aromatic heterocycles. The van der Waals surface area contributed by atoms with Crippen molar-refractivity contribution in [1.29, 1.82) is 0 Å². The minimum Gasteiger partial charge on any atom is -0.177 e. The fraction of sp³-hybridized carbons (Fsp3) is 0.500. The molecule has 14 heavy (non-hydrogen) atoms. The molecule has 0 aliphatic heterocycles. The summed E-state index contributed by atoms with van der Waals surface area (Å²) in [5, 5.41) is 1.12. The zero-order valence-electron chi connectivity index (χ0n) is 8.94. The summed E-state index contributed by atoms with van der Waals surface area (Å²) in [5.41, 5.74) is 3.97. The Kier molecular flexibility index (Phi) is 8.47. The predicted octanol–water partition coefficient (Wildman–Crippen LogP) is 3.82. The van der Waals surface area contributed by atoms with E-state index in [9.17, 15) is 0 Å². The maximum absolute atomic E-state index is 3.45. The maximum Gasteiger partial charge on any atom is 0.00314 e. The summed E-state index contributed by atoms with van der Waals surface area (Å²) in [4.78, 5) is 0. The first-order chi connectivity index (χ1) is 6.22. The van der Waals surface area contributed by atoms with Gasteiger partial charge in [-0.3, -0.25) is 0 Å². The molecule has 0 spiro atoms. The number of hydrogen-bond donors (Lipinski definition) is 0. The fourth-order valence-electron chi connectivity index (χ4n) is 1.55. The van der Waals surface area contributed by atoms with Crippen molar-refractivity contribution in [2.24, 2.45) is 0 Å². The van der Waals surface area contributed by atoms with E-state index < -0.39 is 0 Å². The topological polar surface area (TPSA) is 0 Å². The third kappa shape index (κ3) is 5.63. The molecule has 0 N–H and O–H groups in total. The van der Waals surface area contributed by atoms with Crippen LogP contribution in [0, 0.1) is 19.9 Å². The molecule has 0 unspecified atom stereocenters. The first-order valence-corrected chi connectivity index (χ1v) is 5.90. The van der Waals surface area contributed by atoms with Gasteiger partial charge in [-0.1, -0.05) is 42.6 Å². The Morgan fingerprint density at radius 1 is 1.14 bits per heavy atom. The standard InChI is InChI=1S/C12H16Br.Y/c1-10-7-11(2)9-12(8-10)5-3-4-6-13;/h8-9H,3-6H2,1-2H3;/q-1;. The van der Waals surface area contributed by atoms with Gasteiger partial charge in [-0.05, 0) is 6.42 Å². The van der Waals surface area contributed by atoms with Gasteiger partial charge in [0.05, 0.1) is 0 Å². The Morgan fingerprint density at radius 2 is 1.71 bits per heavy atom. The smallest absolute Gasteiger partial charge is 0.00314 e. The molecule has 2 heteroatoms. The average molecular weight is 329 g/mol. The van der Waals surface area contributed by atoms with Gasteiger partial charge in [-0.15, -0.1) is 0 Å². The molecule has 0 fully saturated rings. The number of hydrogen-bond acceptors (Lipinski definition) is 0. The van der Waals surface area contributed by atoms with Crippen LogP contribution >= 0.6 is 15.9 Å². The summed E-state index contributed by atoms with van der Waals surface area (Å²) >= 11 is 3.45. The van der Waals surface area contributed by atoms with E-state index in [1.54, 1.807) is 0 Å². The molecule has 0 saturated carbocycles. The molecule has 1 aromatic rings. The average Bonchev–Trinajstić information content (AvgIpc) is 2.03. The van der Waals surface area contributed by atoms with Crippen molar-refractivity contribution in [3.63, 3.8) is 0 Å². The largest absolute Gasteiger partial charge is 0.177 e. The molecule has 0 bridgehead atoms. The Labute approximate surface area is 121 Å². The molecule has 1 rings (SSSR count). The minimum atomic E-state index is 0. The Morgan fingerprint density at radius 3 is 2.21 bits per heavy atom. The number of rotatable bonds is 4. The normalized spacial score (nSPS) is 9.64. The van der Waals surface area contributed by atoms with Crippen LogP contribution < -0.4 is 0 Å². The summed E-state index contributed by atoms with van der Waals surface area (Å²) in [6, 6.07) is 7.77. The Balaban J connectivity index is 0.00000169. The molecule has 1 radical (unpaired) electrons. The molecule has 1 aromatic carbocycles. The minimum absolute atomic E-state index is 0. The zero-order valence-corrected chi connectivity index (χ0v) is 13.4. The summed E-state index contributed by atoms with van der Waals surface area (Å²) < 4.78 is 0. The first-order valence-electron chi connectivity index (χ1n) is 4.78. The molecule has 0 aliphatic rings. The van der Waals surface area contributed by atoms with Crippen molar-refractivity contribution in [2.75, 3.05) is 5.33 Å². The summed E-state index contributed by atoms with van der Waals surface area (Å²) in [6.45, 7) is 4.22. The summed E-state index contributed by atoms with van der Waals surface area (Å²) in [5.74, 6) is 0. The molecule has 75 valence electrons. The number of unbranched alkanes of at least 4 members (excludes halogenated alkanes) is 1. The van der Waals surface area contributed by atoms with E-state index in [2.05, 4.69) is 48.0 Å². The van der Waals surface area contributed by atoms with Crippen LogP contribution in [0.15, 0.2) is 12.1 Å². The van der Waals surface area contributed by atoms with E-state index in [1.807, 2.05) is 0 Å². The van der Waals surface area contributed by atoms with Gasteiger partial charge >= 0.3 is 0 Å². The van der Waals surface area contributed by atoms with Crippen LogP contribution in [-0.2, 0) is 39.1 Å². The van der Waals surface area contributed by atoms with Gasteiger partial charge in [0, 0.05) is 38.0 Å². The van der Waals surface area contributed by atoms with E-state index in [0.29, 0.717) is 0 Å².